The molecule has 0 saturated heterocycles. The number of carbonyl (C=O) groups is 1. The van der Waals surface area contributed by atoms with Gasteiger partial charge >= 0.3 is 0 Å². The van der Waals surface area contributed by atoms with Crippen molar-refractivity contribution in [1.29, 1.82) is 0 Å². The number of para-hydroxylation sites is 1. The number of carbonyl (C=O) groups excluding carboxylic acids is 1. The monoisotopic (exact) mass is 341 g/mol. The molecule has 1 amide bonds. The Hall–Kier alpha value is -2.69. The molecule has 5 heteroatoms. The third-order valence-electron chi connectivity index (χ3n) is 3.97. The van der Waals surface area contributed by atoms with Gasteiger partial charge in [0.05, 0.1) is 6.04 Å². The van der Waals surface area contributed by atoms with Gasteiger partial charge in [-0.25, -0.2) is 0 Å². The van der Waals surface area contributed by atoms with Crippen molar-refractivity contribution >= 4 is 5.91 Å². The molecular weight excluding hydrogens is 318 g/mol. The Morgan fingerprint density at radius 2 is 1.80 bits per heavy atom. The zero-order valence-electron chi connectivity index (χ0n) is 14.5. The van der Waals surface area contributed by atoms with Crippen LogP contribution in [0.4, 0.5) is 0 Å². The Morgan fingerprint density at radius 3 is 2.52 bits per heavy atom. The summed E-state index contributed by atoms with van der Waals surface area (Å²) < 4.78 is 17.1. The van der Waals surface area contributed by atoms with Gasteiger partial charge in [0.25, 0.3) is 0 Å². The van der Waals surface area contributed by atoms with Gasteiger partial charge in [-0.3, -0.25) is 4.79 Å². The van der Waals surface area contributed by atoms with Gasteiger partial charge in [-0.2, -0.15) is 0 Å². The van der Waals surface area contributed by atoms with E-state index in [9.17, 15) is 4.79 Å². The first-order chi connectivity index (χ1) is 12.1. The van der Waals surface area contributed by atoms with E-state index in [-0.39, 0.29) is 17.9 Å². The summed E-state index contributed by atoms with van der Waals surface area (Å²) in [6, 6.07) is 15.0. The van der Waals surface area contributed by atoms with Gasteiger partial charge in [-0.15, -0.1) is 0 Å². The molecule has 0 spiro atoms. The van der Waals surface area contributed by atoms with Crippen LogP contribution < -0.4 is 19.5 Å². The molecule has 0 radical (unpaired) electrons. The summed E-state index contributed by atoms with van der Waals surface area (Å²) in [6.45, 7) is 5.15. The maximum Gasteiger partial charge on any atom is 0.223 e. The molecule has 132 valence electrons. The number of ether oxygens (including phenoxy) is 3. The lowest BCUT2D eigenvalue weighted by atomic mass is 10.1. The molecule has 5 nitrogen and oxygen atoms in total. The number of hydrogen-bond acceptors (Lipinski definition) is 4. The van der Waals surface area contributed by atoms with Crippen LogP contribution in [0.2, 0.25) is 0 Å². The average molecular weight is 341 g/mol. The van der Waals surface area contributed by atoms with Crippen LogP contribution in [0.5, 0.6) is 17.2 Å². The second kappa shape index (κ2) is 7.92. The van der Waals surface area contributed by atoms with Crippen molar-refractivity contribution in [2.75, 3.05) is 19.8 Å². The average Bonchev–Trinajstić information content (AvgIpc) is 2.65. The van der Waals surface area contributed by atoms with Gasteiger partial charge in [-0.05, 0) is 29.8 Å². The van der Waals surface area contributed by atoms with Gasteiger partial charge in [0.1, 0.15) is 25.6 Å². The van der Waals surface area contributed by atoms with Crippen molar-refractivity contribution < 1.29 is 19.0 Å². The Labute approximate surface area is 147 Å². The Morgan fingerprint density at radius 1 is 1.08 bits per heavy atom. The summed E-state index contributed by atoms with van der Waals surface area (Å²) in [6.07, 6.45) is 0. The Balaban J connectivity index is 1.78. The van der Waals surface area contributed by atoms with E-state index in [0.717, 1.165) is 17.1 Å². The zero-order valence-corrected chi connectivity index (χ0v) is 14.5. The van der Waals surface area contributed by atoms with Gasteiger partial charge < -0.3 is 19.5 Å². The molecular formula is C20H23NO4. The van der Waals surface area contributed by atoms with Crippen molar-refractivity contribution in [2.45, 2.75) is 19.9 Å². The van der Waals surface area contributed by atoms with Crippen LogP contribution in [0, 0.1) is 5.92 Å². The SMILES string of the molecule is CC(C)C(=O)NC(COc1ccccc1)c1ccc2c(c1)OCCO2. The molecule has 2 aromatic rings. The summed E-state index contributed by atoms with van der Waals surface area (Å²) in [7, 11) is 0. The van der Waals surface area contributed by atoms with E-state index in [0.29, 0.717) is 25.6 Å². The molecule has 2 aromatic carbocycles. The predicted octanol–water partition coefficient (Wildman–Crippen LogP) is 3.35. The summed E-state index contributed by atoms with van der Waals surface area (Å²) >= 11 is 0. The molecule has 0 saturated carbocycles. The fourth-order valence-electron chi connectivity index (χ4n) is 2.53. The van der Waals surface area contributed by atoms with Crippen LogP contribution >= 0.6 is 0 Å². The normalized spacial score (nSPS) is 14.0. The molecule has 1 aliphatic rings. The van der Waals surface area contributed by atoms with E-state index in [1.165, 1.54) is 0 Å². The first kappa shape index (κ1) is 17.1. The second-order valence-electron chi connectivity index (χ2n) is 6.24. The summed E-state index contributed by atoms with van der Waals surface area (Å²) in [5.74, 6) is 2.08. The smallest absolute Gasteiger partial charge is 0.223 e. The van der Waals surface area contributed by atoms with E-state index in [1.54, 1.807) is 0 Å². The summed E-state index contributed by atoms with van der Waals surface area (Å²) in [5.41, 5.74) is 0.925. The lowest BCUT2D eigenvalue weighted by molar-refractivity contribution is -0.125. The van der Waals surface area contributed by atoms with E-state index in [4.69, 9.17) is 14.2 Å². The maximum atomic E-state index is 12.2. The van der Waals surface area contributed by atoms with E-state index in [1.807, 2.05) is 62.4 Å². The van der Waals surface area contributed by atoms with Crippen molar-refractivity contribution in [1.82, 2.24) is 5.32 Å². The van der Waals surface area contributed by atoms with Crippen molar-refractivity contribution in [3.63, 3.8) is 0 Å². The molecule has 0 fully saturated rings. The Kier molecular flexibility index (Phi) is 5.43. The number of hydrogen-bond donors (Lipinski definition) is 1. The number of fused-ring (bicyclic) bond motifs is 1. The highest BCUT2D eigenvalue weighted by Crippen LogP contribution is 2.33. The number of nitrogens with one attached hydrogen (secondary N) is 1. The van der Waals surface area contributed by atoms with Crippen LogP contribution in [0.1, 0.15) is 25.5 Å². The minimum absolute atomic E-state index is 0.0171. The molecule has 1 aliphatic heterocycles. The third-order valence-corrected chi connectivity index (χ3v) is 3.97. The van der Waals surface area contributed by atoms with Crippen molar-refractivity contribution in [2.24, 2.45) is 5.92 Å². The molecule has 1 N–H and O–H groups in total. The maximum absolute atomic E-state index is 12.2. The van der Waals surface area contributed by atoms with Crippen LogP contribution in [-0.2, 0) is 4.79 Å². The van der Waals surface area contributed by atoms with E-state index >= 15 is 0 Å². The fraction of sp³-hybridized carbons (Fsp3) is 0.350. The lowest BCUT2D eigenvalue weighted by Gasteiger charge is -2.24. The first-order valence-electron chi connectivity index (χ1n) is 8.51. The highest BCUT2D eigenvalue weighted by atomic mass is 16.6. The summed E-state index contributed by atoms with van der Waals surface area (Å²) in [4.78, 5) is 12.2. The number of benzene rings is 2. The van der Waals surface area contributed by atoms with Crippen molar-refractivity contribution in [3.05, 3.63) is 54.1 Å². The van der Waals surface area contributed by atoms with Gasteiger partial charge in [0.15, 0.2) is 11.5 Å². The van der Waals surface area contributed by atoms with E-state index < -0.39 is 0 Å². The molecule has 0 bridgehead atoms. The van der Waals surface area contributed by atoms with Crippen LogP contribution in [0.15, 0.2) is 48.5 Å². The molecule has 1 heterocycles. The van der Waals surface area contributed by atoms with Gasteiger partial charge in [-0.1, -0.05) is 38.1 Å². The Bertz CT molecular complexity index is 715. The fourth-order valence-corrected chi connectivity index (χ4v) is 2.53. The minimum Gasteiger partial charge on any atom is -0.491 e. The van der Waals surface area contributed by atoms with E-state index in [2.05, 4.69) is 5.32 Å². The highest BCUT2D eigenvalue weighted by molar-refractivity contribution is 5.78. The lowest BCUT2D eigenvalue weighted by Crippen LogP contribution is -2.35. The molecule has 3 rings (SSSR count). The largest absolute Gasteiger partial charge is 0.491 e. The minimum atomic E-state index is -0.272. The highest BCUT2D eigenvalue weighted by Gasteiger charge is 2.20. The number of amides is 1. The molecule has 25 heavy (non-hydrogen) atoms. The standard InChI is InChI=1S/C20H23NO4/c1-14(2)20(22)21-17(13-25-16-6-4-3-5-7-16)15-8-9-18-19(12-15)24-11-10-23-18/h3-9,12,14,17H,10-11,13H2,1-2H3,(H,21,22). The number of rotatable bonds is 6. The molecule has 0 aliphatic carbocycles. The molecule has 0 aromatic heterocycles. The van der Waals surface area contributed by atoms with Gasteiger partial charge in [0.2, 0.25) is 5.91 Å². The second-order valence-corrected chi connectivity index (χ2v) is 6.24. The predicted molar refractivity (Wildman–Crippen MR) is 95.1 cm³/mol. The topological polar surface area (TPSA) is 56.8 Å². The molecule has 1 unspecified atom stereocenters. The molecule has 1 atom stereocenters. The van der Waals surface area contributed by atoms with Crippen LogP contribution in [0.25, 0.3) is 0 Å². The first-order valence-corrected chi connectivity index (χ1v) is 8.51. The van der Waals surface area contributed by atoms with Crippen molar-refractivity contribution in [3.8, 4) is 17.2 Å². The van der Waals surface area contributed by atoms with Crippen LogP contribution in [0.3, 0.4) is 0 Å². The quantitative estimate of drug-likeness (QED) is 0.875. The van der Waals surface area contributed by atoms with Gasteiger partial charge in [0, 0.05) is 5.92 Å². The zero-order chi connectivity index (χ0) is 17.6. The van der Waals surface area contributed by atoms with Crippen LogP contribution in [-0.4, -0.2) is 25.7 Å². The summed E-state index contributed by atoms with van der Waals surface area (Å²) in [5, 5.41) is 3.05. The third kappa shape index (κ3) is 4.44.